The minimum absolute atomic E-state index is 0.0136. The van der Waals surface area contributed by atoms with Crippen molar-refractivity contribution in [2.75, 3.05) is 18.9 Å². The maximum Gasteiger partial charge on any atom is 0.308 e. The number of hydrogen-bond acceptors (Lipinski definition) is 4. The van der Waals surface area contributed by atoms with Crippen LogP contribution in [0.15, 0.2) is 12.3 Å². The summed E-state index contributed by atoms with van der Waals surface area (Å²) in [7, 11) is -2.47. The van der Waals surface area contributed by atoms with E-state index in [-0.39, 0.29) is 17.8 Å². The fourth-order valence-corrected chi connectivity index (χ4v) is 5.68. The summed E-state index contributed by atoms with van der Waals surface area (Å²) in [4.78, 5) is 11.7. The first-order valence-electron chi connectivity index (χ1n) is 8.17. The van der Waals surface area contributed by atoms with Gasteiger partial charge in [0.25, 0.3) is 0 Å². The molecule has 1 heterocycles. The summed E-state index contributed by atoms with van der Waals surface area (Å²) < 4.78 is 23.5. The third kappa shape index (κ3) is 4.60. The summed E-state index contributed by atoms with van der Waals surface area (Å²) in [5.41, 5.74) is 0. The van der Waals surface area contributed by atoms with Crippen molar-refractivity contribution < 1.29 is 18.6 Å². The number of carbonyl (C=O) groups excluding carboxylic acids is 1. The number of allylic oxidation sites excluding steroid dienone is 1. The minimum Gasteiger partial charge on any atom is -0.466 e. The standard InChI is InChI=1S/C16H27O4P/c1-3-19-16(17)15-9-7-14(8-10-15)13(2)20-21(18)11-5-4-6-12-21/h14-15H,2-12H2,1H3. The van der Waals surface area contributed by atoms with E-state index < -0.39 is 7.37 Å². The van der Waals surface area contributed by atoms with Gasteiger partial charge in [0.2, 0.25) is 7.37 Å². The lowest BCUT2D eigenvalue weighted by molar-refractivity contribution is -0.149. The molecule has 0 aromatic heterocycles. The van der Waals surface area contributed by atoms with Gasteiger partial charge in [-0.2, -0.15) is 0 Å². The van der Waals surface area contributed by atoms with Gasteiger partial charge in [-0.15, -0.1) is 0 Å². The van der Waals surface area contributed by atoms with Crippen molar-refractivity contribution in [1.82, 2.24) is 0 Å². The van der Waals surface area contributed by atoms with Crippen LogP contribution in [0.1, 0.15) is 51.9 Å². The smallest absolute Gasteiger partial charge is 0.308 e. The van der Waals surface area contributed by atoms with Gasteiger partial charge in [-0.05, 0) is 45.4 Å². The normalized spacial score (nSPS) is 28.6. The first kappa shape index (κ1) is 16.6. The third-order valence-corrected chi connectivity index (χ3v) is 7.15. The van der Waals surface area contributed by atoms with Crippen molar-refractivity contribution >= 4 is 13.3 Å². The van der Waals surface area contributed by atoms with E-state index in [4.69, 9.17) is 9.26 Å². The lowest BCUT2D eigenvalue weighted by Crippen LogP contribution is -2.24. The second-order valence-electron chi connectivity index (χ2n) is 6.18. The van der Waals surface area contributed by atoms with Gasteiger partial charge in [-0.25, -0.2) is 0 Å². The molecule has 0 N–H and O–H groups in total. The van der Waals surface area contributed by atoms with Gasteiger partial charge in [-0.3, -0.25) is 9.36 Å². The highest BCUT2D eigenvalue weighted by atomic mass is 31.2. The van der Waals surface area contributed by atoms with Crippen LogP contribution in [0.2, 0.25) is 0 Å². The summed E-state index contributed by atoms with van der Waals surface area (Å²) in [6.45, 7) is 6.29. The van der Waals surface area contributed by atoms with Gasteiger partial charge in [-0.1, -0.05) is 13.0 Å². The lowest BCUT2D eigenvalue weighted by atomic mass is 9.81. The Morgan fingerprint density at radius 1 is 1.10 bits per heavy atom. The average Bonchev–Trinajstić information content (AvgIpc) is 2.48. The van der Waals surface area contributed by atoms with E-state index in [0.717, 1.165) is 44.9 Å². The Morgan fingerprint density at radius 3 is 2.24 bits per heavy atom. The van der Waals surface area contributed by atoms with E-state index in [1.54, 1.807) is 0 Å². The molecule has 4 nitrogen and oxygen atoms in total. The van der Waals surface area contributed by atoms with Crippen molar-refractivity contribution in [3.8, 4) is 0 Å². The first-order valence-corrected chi connectivity index (χ1v) is 10.2. The van der Waals surface area contributed by atoms with Crippen LogP contribution in [0.3, 0.4) is 0 Å². The minimum atomic E-state index is -2.47. The number of ether oxygens (including phenoxy) is 1. The summed E-state index contributed by atoms with van der Waals surface area (Å²) in [5, 5.41) is 0. The quantitative estimate of drug-likeness (QED) is 0.430. The molecule has 1 aliphatic carbocycles. The van der Waals surface area contributed by atoms with Crippen LogP contribution in [-0.4, -0.2) is 24.9 Å². The second kappa shape index (κ2) is 7.49. The van der Waals surface area contributed by atoms with E-state index in [9.17, 15) is 9.36 Å². The first-order chi connectivity index (χ1) is 10.0. The van der Waals surface area contributed by atoms with E-state index in [1.165, 1.54) is 0 Å². The highest BCUT2D eigenvalue weighted by Crippen LogP contribution is 2.54. The van der Waals surface area contributed by atoms with Gasteiger partial charge in [0.15, 0.2) is 0 Å². The Hall–Kier alpha value is -0.760. The van der Waals surface area contributed by atoms with Gasteiger partial charge in [0.05, 0.1) is 18.3 Å². The molecule has 2 fully saturated rings. The van der Waals surface area contributed by atoms with Crippen molar-refractivity contribution in [3.63, 3.8) is 0 Å². The Bertz CT molecular complexity index is 414. The molecule has 5 heteroatoms. The Balaban J connectivity index is 1.80. The zero-order valence-corrected chi connectivity index (χ0v) is 13.9. The van der Waals surface area contributed by atoms with Crippen molar-refractivity contribution in [3.05, 3.63) is 12.3 Å². The summed E-state index contributed by atoms with van der Waals surface area (Å²) >= 11 is 0. The van der Waals surface area contributed by atoms with Crippen molar-refractivity contribution in [1.29, 1.82) is 0 Å². The topological polar surface area (TPSA) is 52.6 Å². The molecule has 0 radical (unpaired) electrons. The molecular weight excluding hydrogens is 287 g/mol. The molecule has 0 bridgehead atoms. The summed E-state index contributed by atoms with van der Waals surface area (Å²) in [6.07, 6.45) is 7.94. The molecule has 0 amide bonds. The van der Waals surface area contributed by atoms with Crippen LogP contribution in [0.25, 0.3) is 0 Å². The van der Waals surface area contributed by atoms with E-state index in [2.05, 4.69) is 6.58 Å². The highest BCUT2D eigenvalue weighted by molar-refractivity contribution is 7.59. The monoisotopic (exact) mass is 314 g/mol. The molecule has 21 heavy (non-hydrogen) atoms. The Kier molecular flexibility index (Phi) is 5.92. The third-order valence-electron chi connectivity index (χ3n) is 4.58. The molecule has 0 aromatic carbocycles. The van der Waals surface area contributed by atoms with Gasteiger partial charge < -0.3 is 9.26 Å². The van der Waals surface area contributed by atoms with Crippen LogP contribution >= 0.6 is 7.37 Å². The average molecular weight is 314 g/mol. The summed E-state index contributed by atoms with van der Waals surface area (Å²) in [6, 6.07) is 0. The Labute approximate surface area is 127 Å². The van der Waals surface area contributed by atoms with E-state index in [1.807, 2.05) is 6.92 Å². The Morgan fingerprint density at radius 2 is 1.67 bits per heavy atom. The van der Waals surface area contributed by atoms with Crippen LogP contribution in [0.4, 0.5) is 0 Å². The molecular formula is C16H27O4P. The van der Waals surface area contributed by atoms with Crippen LogP contribution < -0.4 is 0 Å². The molecule has 0 atom stereocenters. The highest BCUT2D eigenvalue weighted by Gasteiger charge is 2.33. The number of rotatable bonds is 5. The van der Waals surface area contributed by atoms with Crippen molar-refractivity contribution in [2.45, 2.75) is 51.9 Å². The maximum atomic E-state index is 12.6. The lowest BCUT2D eigenvalue weighted by Gasteiger charge is -2.31. The SMILES string of the molecule is C=C(OP1(=O)CCCCC1)C1CCC(C(=O)OCC)CC1. The molecule has 2 aliphatic rings. The maximum absolute atomic E-state index is 12.6. The predicted octanol–water partition coefficient (Wildman–Crippen LogP) is 4.35. The van der Waals surface area contributed by atoms with E-state index in [0.29, 0.717) is 24.7 Å². The molecule has 120 valence electrons. The van der Waals surface area contributed by atoms with E-state index >= 15 is 0 Å². The molecule has 1 saturated carbocycles. The summed E-state index contributed by atoms with van der Waals surface area (Å²) in [5.74, 6) is 0.855. The number of esters is 1. The predicted molar refractivity (Wildman–Crippen MR) is 83.5 cm³/mol. The second-order valence-corrected chi connectivity index (χ2v) is 8.89. The van der Waals surface area contributed by atoms with Crippen LogP contribution in [0.5, 0.6) is 0 Å². The largest absolute Gasteiger partial charge is 0.466 e. The fraction of sp³-hybridized carbons (Fsp3) is 0.812. The molecule has 2 rings (SSSR count). The number of carbonyl (C=O) groups is 1. The number of hydrogen-bond donors (Lipinski definition) is 0. The molecule has 1 aliphatic heterocycles. The van der Waals surface area contributed by atoms with Gasteiger partial charge in [0.1, 0.15) is 0 Å². The zero-order chi connectivity index (χ0) is 15.3. The molecule has 1 saturated heterocycles. The van der Waals surface area contributed by atoms with Crippen LogP contribution in [-0.2, 0) is 18.6 Å². The zero-order valence-electron chi connectivity index (χ0n) is 13.0. The molecule has 0 aromatic rings. The fourth-order valence-electron chi connectivity index (χ4n) is 3.28. The van der Waals surface area contributed by atoms with Gasteiger partial charge >= 0.3 is 5.97 Å². The van der Waals surface area contributed by atoms with Crippen molar-refractivity contribution in [2.24, 2.45) is 11.8 Å². The van der Waals surface area contributed by atoms with Gasteiger partial charge in [0, 0.05) is 18.2 Å². The van der Waals surface area contributed by atoms with Crippen LogP contribution in [0, 0.1) is 11.8 Å². The molecule has 0 unspecified atom stereocenters. The molecule has 0 spiro atoms.